The first-order chi connectivity index (χ1) is 20.4. The van der Waals surface area contributed by atoms with Crippen LogP contribution in [0.5, 0.6) is 17.2 Å². The summed E-state index contributed by atoms with van der Waals surface area (Å²) in [7, 11) is 2.98. The summed E-state index contributed by atoms with van der Waals surface area (Å²) in [5.41, 5.74) is 5.69. The van der Waals surface area contributed by atoms with Gasteiger partial charge in [0, 0.05) is 19.6 Å². The van der Waals surface area contributed by atoms with E-state index in [0.717, 1.165) is 27.8 Å². The Morgan fingerprint density at radius 1 is 0.976 bits per heavy atom. The molecule has 5 rings (SSSR count). The molecule has 0 atom stereocenters. The number of hydrogen-bond acceptors (Lipinski definition) is 6. The van der Waals surface area contributed by atoms with Crippen LogP contribution in [0.3, 0.4) is 0 Å². The summed E-state index contributed by atoms with van der Waals surface area (Å²) < 4.78 is 36.6. The van der Waals surface area contributed by atoms with E-state index in [2.05, 4.69) is 5.32 Å². The maximum absolute atomic E-state index is 14.4. The van der Waals surface area contributed by atoms with Gasteiger partial charge >= 0.3 is 6.09 Å². The van der Waals surface area contributed by atoms with Gasteiger partial charge in [0.25, 0.3) is 0 Å². The number of methoxy groups -OCH3 is 2. The quantitative estimate of drug-likeness (QED) is 0.372. The van der Waals surface area contributed by atoms with Crippen LogP contribution in [-0.2, 0) is 16.1 Å². The molecule has 0 bridgehead atoms. The molecule has 0 aromatic heterocycles. The number of hydrogen-bond donors (Lipinski definition) is 1. The average molecular weight is 573 g/mol. The minimum absolute atomic E-state index is 0.107. The Labute approximate surface area is 244 Å². The lowest BCUT2D eigenvalue weighted by atomic mass is 10.00. The minimum atomic E-state index is -0.512. The van der Waals surface area contributed by atoms with E-state index >= 15 is 0 Å². The van der Waals surface area contributed by atoms with Gasteiger partial charge in [-0.15, -0.1) is 0 Å². The number of rotatable bonds is 8. The molecular formula is C33H33FN2O6. The summed E-state index contributed by atoms with van der Waals surface area (Å²) in [6, 6.07) is 17.8. The van der Waals surface area contributed by atoms with Crippen LogP contribution in [0.1, 0.15) is 35.6 Å². The van der Waals surface area contributed by atoms with Crippen molar-refractivity contribution in [2.75, 3.05) is 40.5 Å². The lowest BCUT2D eigenvalue weighted by Gasteiger charge is -2.26. The Balaban J connectivity index is 1.44. The van der Waals surface area contributed by atoms with E-state index in [-0.39, 0.29) is 23.9 Å². The summed E-state index contributed by atoms with van der Waals surface area (Å²) in [6.45, 7) is 4.11. The molecular weight excluding hydrogens is 539 g/mol. The summed E-state index contributed by atoms with van der Waals surface area (Å²) >= 11 is 0. The van der Waals surface area contributed by atoms with Crippen LogP contribution in [0.25, 0.3) is 17.2 Å². The highest BCUT2D eigenvalue weighted by atomic mass is 19.1. The maximum Gasteiger partial charge on any atom is 0.415 e. The van der Waals surface area contributed by atoms with E-state index in [1.54, 1.807) is 23.1 Å². The molecule has 3 aromatic carbocycles. The number of halogens is 1. The molecule has 42 heavy (non-hydrogen) atoms. The molecule has 1 N–H and O–H groups in total. The Morgan fingerprint density at radius 2 is 1.67 bits per heavy atom. The fourth-order valence-corrected chi connectivity index (χ4v) is 5.15. The molecule has 0 saturated carbocycles. The standard InChI is InChI=1S/C33H33FN2O6/c1-21-26(15-23-16-29(39-2)32(30(17-23)40-3)42-33(38)36-11-13-41-14-12-36)25-10-9-24(34)18-28(25)27(21)19-31(37)35-20-22-7-5-4-6-8-22/h4-10,15-18H,11-14,19-20H2,1-3H3,(H,35,37). The summed E-state index contributed by atoms with van der Waals surface area (Å²) in [6.07, 6.45) is 1.52. The lowest BCUT2D eigenvalue weighted by molar-refractivity contribution is -0.120. The number of amides is 2. The van der Waals surface area contributed by atoms with Crippen LogP contribution in [0, 0.1) is 5.82 Å². The molecule has 218 valence electrons. The van der Waals surface area contributed by atoms with E-state index < -0.39 is 6.09 Å². The van der Waals surface area contributed by atoms with Crippen molar-refractivity contribution in [2.24, 2.45) is 0 Å². The monoisotopic (exact) mass is 572 g/mol. The third-order valence-electron chi connectivity index (χ3n) is 7.38. The predicted octanol–water partition coefficient (Wildman–Crippen LogP) is 5.71. The van der Waals surface area contributed by atoms with Crippen molar-refractivity contribution in [2.45, 2.75) is 19.9 Å². The number of carbonyl (C=O) groups is 2. The normalized spacial score (nSPS) is 15.4. The largest absolute Gasteiger partial charge is 0.493 e. The van der Waals surface area contributed by atoms with Crippen molar-refractivity contribution in [1.29, 1.82) is 0 Å². The number of nitrogens with one attached hydrogen (secondary N) is 1. The number of morpholine rings is 1. The molecule has 2 aliphatic rings. The van der Waals surface area contributed by atoms with E-state index in [1.807, 2.05) is 43.3 Å². The second-order valence-electron chi connectivity index (χ2n) is 10.0. The molecule has 0 radical (unpaired) electrons. The van der Waals surface area contributed by atoms with Gasteiger partial charge in [0.2, 0.25) is 11.7 Å². The van der Waals surface area contributed by atoms with Gasteiger partial charge in [-0.05, 0) is 76.2 Å². The number of fused-ring (bicyclic) bond motifs is 1. The maximum atomic E-state index is 14.4. The van der Waals surface area contributed by atoms with Crippen molar-refractivity contribution in [3.8, 4) is 17.2 Å². The van der Waals surface area contributed by atoms with E-state index in [9.17, 15) is 14.0 Å². The topological polar surface area (TPSA) is 86.3 Å². The first-order valence-corrected chi connectivity index (χ1v) is 13.7. The van der Waals surface area contributed by atoms with Crippen LogP contribution in [0.15, 0.2) is 66.2 Å². The molecule has 8 nitrogen and oxygen atoms in total. The lowest BCUT2D eigenvalue weighted by Crippen LogP contribution is -2.42. The summed E-state index contributed by atoms with van der Waals surface area (Å²) in [4.78, 5) is 27.3. The number of allylic oxidation sites excluding steroid dienone is 2. The van der Waals surface area contributed by atoms with Gasteiger partial charge in [-0.3, -0.25) is 4.79 Å². The smallest absolute Gasteiger partial charge is 0.415 e. The van der Waals surface area contributed by atoms with Crippen molar-refractivity contribution in [3.63, 3.8) is 0 Å². The van der Waals surface area contributed by atoms with Crippen LogP contribution in [-0.4, -0.2) is 57.4 Å². The van der Waals surface area contributed by atoms with Crippen LogP contribution < -0.4 is 19.5 Å². The molecule has 3 aromatic rings. The van der Waals surface area contributed by atoms with Gasteiger partial charge in [-0.1, -0.05) is 36.4 Å². The van der Waals surface area contributed by atoms with Crippen molar-refractivity contribution in [3.05, 3.63) is 94.3 Å². The van der Waals surface area contributed by atoms with E-state index in [4.69, 9.17) is 18.9 Å². The van der Waals surface area contributed by atoms with Gasteiger partial charge in [-0.25, -0.2) is 9.18 Å². The summed E-state index contributed by atoms with van der Waals surface area (Å²) in [5.74, 6) is 0.291. The molecule has 1 saturated heterocycles. The Morgan fingerprint density at radius 3 is 2.33 bits per heavy atom. The average Bonchev–Trinajstić information content (AvgIpc) is 3.26. The van der Waals surface area contributed by atoms with Gasteiger partial charge in [-0.2, -0.15) is 0 Å². The van der Waals surface area contributed by atoms with Crippen molar-refractivity contribution < 1.29 is 32.9 Å². The zero-order chi connectivity index (χ0) is 29.6. The highest BCUT2D eigenvalue weighted by Crippen LogP contribution is 2.45. The first kappa shape index (κ1) is 28.9. The second kappa shape index (κ2) is 12.9. The van der Waals surface area contributed by atoms with Gasteiger partial charge in [0.1, 0.15) is 5.82 Å². The molecule has 2 amide bonds. The minimum Gasteiger partial charge on any atom is -0.493 e. The third kappa shape index (κ3) is 6.31. The van der Waals surface area contributed by atoms with Crippen molar-refractivity contribution >= 4 is 29.2 Å². The summed E-state index contributed by atoms with van der Waals surface area (Å²) in [5, 5.41) is 2.96. The molecule has 0 unspecified atom stereocenters. The second-order valence-corrected chi connectivity index (χ2v) is 10.0. The molecule has 1 heterocycles. The Kier molecular flexibility index (Phi) is 8.88. The number of ether oxygens (including phenoxy) is 4. The van der Waals surface area contributed by atoms with Gasteiger partial charge in [0.05, 0.1) is 33.9 Å². The predicted molar refractivity (Wildman–Crippen MR) is 158 cm³/mol. The van der Waals surface area contributed by atoms with Crippen molar-refractivity contribution in [1.82, 2.24) is 10.2 Å². The Bertz CT molecular complexity index is 1520. The van der Waals surface area contributed by atoms with E-state index in [1.165, 1.54) is 26.4 Å². The van der Waals surface area contributed by atoms with Crippen LogP contribution >= 0.6 is 0 Å². The molecule has 9 heteroatoms. The highest BCUT2D eigenvalue weighted by Gasteiger charge is 2.27. The van der Waals surface area contributed by atoms with Gasteiger partial charge in [0.15, 0.2) is 11.5 Å². The zero-order valence-corrected chi connectivity index (χ0v) is 23.9. The fraction of sp³-hybridized carbons (Fsp3) is 0.273. The molecule has 0 spiro atoms. The Hall–Kier alpha value is -4.63. The molecule has 1 aliphatic carbocycles. The first-order valence-electron chi connectivity index (χ1n) is 13.7. The van der Waals surface area contributed by atoms with Crippen LogP contribution in [0.4, 0.5) is 9.18 Å². The van der Waals surface area contributed by atoms with Crippen LogP contribution in [0.2, 0.25) is 0 Å². The SMILES string of the molecule is COc1cc(C=C2C(C)=C(CC(=O)NCc3ccccc3)c3cc(F)ccc32)cc(OC)c1OC(=O)N1CCOCC1. The zero-order valence-electron chi connectivity index (χ0n) is 23.9. The number of nitrogens with zero attached hydrogens (tertiary/aromatic N) is 1. The molecule has 1 aliphatic heterocycles. The number of carbonyl (C=O) groups excluding carboxylic acids is 2. The number of benzene rings is 3. The highest BCUT2D eigenvalue weighted by molar-refractivity contribution is 6.08. The molecule has 1 fully saturated rings. The fourth-order valence-electron chi connectivity index (χ4n) is 5.15. The van der Waals surface area contributed by atoms with Gasteiger partial charge < -0.3 is 29.2 Å². The third-order valence-corrected chi connectivity index (χ3v) is 7.38. The van der Waals surface area contributed by atoms with E-state index in [0.29, 0.717) is 55.5 Å².